The molecule has 3 N–H and O–H groups in total. The second-order valence-corrected chi connectivity index (χ2v) is 8.41. The quantitative estimate of drug-likeness (QED) is 0.186. The number of amides is 1. The molecule has 1 amide bonds. The summed E-state index contributed by atoms with van der Waals surface area (Å²) >= 11 is 0. The average molecular weight is 564 g/mol. The first-order valence-corrected chi connectivity index (χ1v) is 11.8. The largest absolute Gasteiger partial charge is 0.354 e. The lowest BCUT2D eigenvalue weighted by atomic mass is 10.0. The number of carbonyl (C=O) groups excluding carboxylic acids is 1. The highest BCUT2D eigenvalue weighted by atomic mass is 127. The number of guanidine groups is 1. The lowest BCUT2D eigenvalue weighted by Gasteiger charge is -2.33. The van der Waals surface area contributed by atoms with Crippen LogP contribution in [0.4, 0.5) is 0 Å². The van der Waals surface area contributed by atoms with Crippen molar-refractivity contribution in [1.29, 1.82) is 0 Å². The van der Waals surface area contributed by atoms with Gasteiger partial charge in [0.1, 0.15) is 0 Å². The second-order valence-electron chi connectivity index (χ2n) is 8.41. The van der Waals surface area contributed by atoms with Gasteiger partial charge in [0, 0.05) is 51.4 Å². The molecular formula is C26H38IN5O. The SMILES string of the molecule is CCCCNC(=O)c1ccc(CNC(=NC)NC2CCN(Cc3ccccc3)CC2)cc1.I. The van der Waals surface area contributed by atoms with Crippen molar-refractivity contribution in [2.75, 3.05) is 26.7 Å². The number of piperidine rings is 1. The van der Waals surface area contributed by atoms with E-state index in [9.17, 15) is 4.79 Å². The topological polar surface area (TPSA) is 68.8 Å². The highest BCUT2D eigenvalue weighted by molar-refractivity contribution is 14.0. The Hall–Kier alpha value is -2.13. The Kier molecular flexibility index (Phi) is 12.2. The van der Waals surface area contributed by atoms with Gasteiger partial charge in [-0.2, -0.15) is 0 Å². The number of rotatable bonds is 9. The maximum Gasteiger partial charge on any atom is 0.251 e. The molecule has 0 saturated carbocycles. The lowest BCUT2D eigenvalue weighted by Crippen LogP contribution is -2.48. The first kappa shape index (κ1) is 27.1. The fourth-order valence-corrected chi connectivity index (χ4v) is 3.91. The van der Waals surface area contributed by atoms with E-state index in [1.54, 1.807) is 0 Å². The molecule has 0 aliphatic carbocycles. The predicted molar refractivity (Wildman–Crippen MR) is 147 cm³/mol. The molecule has 180 valence electrons. The van der Waals surface area contributed by atoms with Crippen molar-refractivity contribution in [3.8, 4) is 0 Å². The van der Waals surface area contributed by atoms with Crippen LogP contribution >= 0.6 is 24.0 Å². The summed E-state index contributed by atoms with van der Waals surface area (Å²) in [6.45, 7) is 6.71. The van der Waals surface area contributed by atoms with Gasteiger partial charge in [0.25, 0.3) is 5.91 Å². The molecule has 2 aromatic carbocycles. The minimum atomic E-state index is -0.00552. The zero-order valence-corrected chi connectivity index (χ0v) is 22.2. The van der Waals surface area contributed by atoms with Gasteiger partial charge in [-0.25, -0.2) is 0 Å². The van der Waals surface area contributed by atoms with Crippen molar-refractivity contribution in [2.24, 2.45) is 4.99 Å². The van der Waals surface area contributed by atoms with E-state index in [0.29, 0.717) is 18.2 Å². The van der Waals surface area contributed by atoms with Gasteiger partial charge in [-0.1, -0.05) is 55.8 Å². The number of benzene rings is 2. The van der Waals surface area contributed by atoms with E-state index in [-0.39, 0.29) is 29.9 Å². The van der Waals surface area contributed by atoms with E-state index >= 15 is 0 Å². The molecule has 3 rings (SSSR count). The van der Waals surface area contributed by atoms with Gasteiger partial charge in [0.15, 0.2) is 5.96 Å². The molecule has 1 heterocycles. The van der Waals surface area contributed by atoms with Crippen molar-refractivity contribution in [3.63, 3.8) is 0 Å². The van der Waals surface area contributed by atoms with Crippen molar-refractivity contribution in [2.45, 2.75) is 51.7 Å². The summed E-state index contributed by atoms with van der Waals surface area (Å²) in [5.74, 6) is 0.821. The molecule has 1 aliphatic heterocycles. The third-order valence-electron chi connectivity index (χ3n) is 5.89. The maximum absolute atomic E-state index is 12.1. The first-order valence-electron chi connectivity index (χ1n) is 11.8. The number of unbranched alkanes of at least 4 members (excludes halogenated alkanes) is 1. The van der Waals surface area contributed by atoms with E-state index in [1.807, 2.05) is 31.3 Å². The standard InChI is InChI=1S/C26H37N5O.HI/c1-3-4-16-28-25(32)23-12-10-21(11-13-23)19-29-26(27-2)30-24-14-17-31(18-15-24)20-22-8-6-5-7-9-22;/h5-13,24H,3-4,14-20H2,1-2H3,(H,28,32)(H2,27,29,30);1H. The zero-order valence-electron chi connectivity index (χ0n) is 19.8. The summed E-state index contributed by atoms with van der Waals surface area (Å²) in [4.78, 5) is 19.0. The van der Waals surface area contributed by atoms with Crippen LogP contribution in [0.1, 0.15) is 54.1 Å². The summed E-state index contributed by atoms with van der Waals surface area (Å²) in [6.07, 6.45) is 4.30. The average Bonchev–Trinajstić information content (AvgIpc) is 2.84. The Bertz CT molecular complexity index is 849. The molecule has 1 fully saturated rings. The Labute approximate surface area is 215 Å². The van der Waals surface area contributed by atoms with E-state index in [2.05, 4.69) is 63.1 Å². The number of aliphatic imine (C=N–C) groups is 1. The van der Waals surface area contributed by atoms with Crippen LogP contribution in [-0.4, -0.2) is 49.5 Å². The highest BCUT2D eigenvalue weighted by Gasteiger charge is 2.20. The van der Waals surface area contributed by atoms with E-state index in [4.69, 9.17) is 0 Å². The van der Waals surface area contributed by atoms with Crippen LogP contribution in [0.3, 0.4) is 0 Å². The number of hydrogen-bond donors (Lipinski definition) is 3. The minimum Gasteiger partial charge on any atom is -0.354 e. The number of nitrogens with one attached hydrogen (secondary N) is 3. The zero-order chi connectivity index (χ0) is 22.6. The summed E-state index contributed by atoms with van der Waals surface area (Å²) in [5.41, 5.74) is 3.20. The van der Waals surface area contributed by atoms with Crippen LogP contribution in [0, 0.1) is 0 Å². The Morgan fingerprint density at radius 3 is 2.33 bits per heavy atom. The van der Waals surface area contributed by atoms with Gasteiger partial charge in [-0.3, -0.25) is 14.7 Å². The molecule has 6 nitrogen and oxygen atoms in total. The van der Waals surface area contributed by atoms with Gasteiger partial charge < -0.3 is 16.0 Å². The molecular weight excluding hydrogens is 525 g/mol. The fraction of sp³-hybridized carbons (Fsp3) is 0.462. The Morgan fingerprint density at radius 1 is 1.00 bits per heavy atom. The highest BCUT2D eigenvalue weighted by Crippen LogP contribution is 2.14. The fourth-order valence-electron chi connectivity index (χ4n) is 3.91. The molecule has 0 unspecified atom stereocenters. The minimum absolute atomic E-state index is 0. The van der Waals surface area contributed by atoms with E-state index in [1.165, 1.54) is 5.56 Å². The smallest absolute Gasteiger partial charge is 0.251 e. The third kappa shape index (κ3) is 9.33. The summed E-state index contributed by atoms with van der Waals surface area (Å²) in [5, 5.41) is 9.92. The number of halogens is 1. The molecule has 1 aliphatic rings. The Morgan fingerprint density at radius 2 is 1.70 bits per heavy atom. The predicted octanol–water partition coefficient (Wildman–Crippen LogP) is 4.16. The number of carbonyl (C=O) groups is 1. The summed E-state index contributed by atoms with van der Waals surface area (Å²) < 4.78 is 0. The maximum atomic E-state index is 12.1. The van der Waals surface area contributed by atoms with Crippen LogP contribution in [0.5, 0.6) is 0 Å². The Balaban J connectivity index is 0.00000385. The van der Waals surface area contributed by atoms with Crippen molar-refractivity contribution in [1.82, 2.24) is 20.9 Å². The molecule has 7 heteroatoms. The molecule has 0 spiro atoms. The van der Waals surface area contributed by atoms with E-state index < -0.39 is 0 Å². The van der Waals surface area contributed by atoms with Crippen LogP contribution in [0.2, 0.25) is 0 Å². The molecule has 0 aromatic heterocycles. The van der Waals surface area contributed by atoms with Crippen LogP contribution in [0.15, 0.2) is 59.6 Å². The summed E-state index contributed by atoms with van der Waals surface area (Å²) in [7, 11) is 1.81. The van der Waals surface area contributed by atoms with Gasteiger partial charge >= 0.3 is 0 Å². The molecule has 0 bridgehead atoms. The van der Waals surface area contributed by atoms with E-state index in [0.717, 1.165) is 63.4 Å². The van der Waals surface area contributed by atoms with Gasteiger partial charge in [0.2, 0.25) is 0 Å². The number of nitrogens with zero attached hydrogens (tertiary/aromatic N) is 2. The second kappa shape index (κ2) is 14.9. The van der Waals surface area contributed by atoms with Crippen LogP contribution in [-0.2, 0) is 13.1 Å². The normalized spacial score (nSPS) is 14.9. The van der Waals surface area contributed by atoms with Crippen LogP contribution in [0.25, 0.3) is 0 Å². The van der Waals surface area contributed by atoms with Gasteiger partial charge in [-0.05, 0) is 42.5 Å². The molecule has 0 atom stereocenters. The first-order chi connectivity index (χ1) is 15.7. The van der Waals surface area contributed by atoms with Crippen molar-refractivity contribution >= 4 is 35.8 Å². The number of likely N-dealkylation sites (tertiary alicyclic amines) is 1. The lowest BCUT2D eigenvalue weighted by molar-refractivity contribution is 0.0953. The van der Waals surface area contributed by atoms with Gasteiger partial charge in [0.05, 0.1) is 0 Å². The third-order valence-corrected chi connectivity index (χ3v) is 5.89. The number of hydrogen-bond acceptors (Lipinski definition) is 3. The molecule has 1 saturated heterocycles. The molecule has 0 radical (unpaired) electrons. The van der Waals surface area contributed by atoms with Crippen molar-refractivity contribution < 1.29 is 4.79 Å². The van der Waals surface area contributed by atoms with Crippen molar-refractivity contribution in [3.05, 3.63) is 71.3 Å². The molecule has 2 aromatic rings. The summed E-state index contributed by atoms with van der Waals surface area (Å²) in [6, 6.07) is 18.9. The molecule has 33 heavy (non-hydrogen) atoms. The van der Waals surface area contributed by atoms with Gasteiger partial charge in [-0.15, -0.1) is 24.0 Å². The monoisotopic (exact) mass is 563 g/mol. The van der Waals surface area contributed by atoms with Crippen LogP contribution < -0.4 is 16.0 Å².